The van der Waals surface area contributed by atoms with Gasteiger partial charge in [-0.15, -0.1) is 0 Å². The zero-order chi connectivity index (χ0) is 15.8. The first-order valence-corrected chi connectivity index (χ1v) is 9.29. The minimum Gasteiger partial charge on any atom is -0.379 e. The molecule has 1 fully saturated rings. The molecule has 3 rings (SSSR count). The molecule has 0 bridgehead atoms. The predicted molar refractivity (Wildman–Crippen MR) is 87.6 cm³/mol. The van der Waals surface area contributed by atoms with Crippen molar-refractivity contribution in [2.24, 2.45) is 0 Å². The van der Waals surface area contributed by atoms with Gasteiger partial charge in [0.2, 0.25) is 10.0 Å². The number of ether oxygens (including phenoxy) is 1. The highest BCUT2D eigenvalue weighted by atomic mass is 32.2. The Labute approximate surface area is 132 Å². The molecule has 0 aliphatic carbocycles. The summed E-state index contributed by atoms with van der Waals surface area (Å²) in [6, 6.07) is 7.66. The first kappa shape index (κ1) is 15.8. The maximum atomic E-state index is 12.8. The van der Waals surface area contributed by atoms with Crippen molar-refractivity contribution in [3.63, 3.8) is 0 Å². The third-order valence-corrected chi connectivity index (χ3v) is 7.46. The minimum absolute atomic E-state index is 0.647. The molecule has 0 aromatic heterocycles. The van der Waals surface area contributed by atoms with E-state index >= 15 is 0 Å². The Morgan fingerprint density at radius 1 is 1.23 bits per heavy atom. The lowest BCUT2D eigenvalue weighted by molar-refractivity contribution is 0.0369. The van der Waals surface area contributed by atoms with Crippen molar-refractivity contribution >= 4 is 15.7 Å². The van der Waals surface area contributed by atoms with Gasteiger partial charge in [-0.3, -0.25) is 9.21 Å². The van der Waals surface area contributed by atoms with Crippen LogP contribution in [0, 0.1) is 0 Å². The zero-order valence-corrected chi connectivity index (χ0v) is 14.1. The number of hydrogen-bond acceptors (Lipinski definition) is 4. The molecule has 1 atom stereocenters. The van der Waals surface area contributed by atoms with E-state index in [1.54, 1.807) is 7.05 Å². The van der Waals surface area contributed by atoms with Crippen molar-refractivity contribution in [3.8, 4) is 0 Å². The first-order valence-electron chi connectivity index (χ1n) is 7.85. The summed E-state index contributed by atoms with van der Waals surface area (Å²) >= 11 is 0. The van der Waals surface area contributed by atoms with Crippen LogP contribution in [-0.4, -0.2) is 53.2 Å². The van der Waals surface area contributed by atoms with Gasteiger partial charge in [0.05, 0.1) is 18.9 Å². The summed E-state index contributed by atoms with van der Waals surface area (Å²) in [6.45, 7) is 6.24. The first-order chi connectivity index (χ1) is 10.5. The Kier molecular flexibility index (Phi) is 4.18. The second kappa shape index (κ2) is 5.83. The van der Waals surface area contributed by atoms with Gasteiger partial charge < -0.3 is 4.74 Å². The van der Waals surface area contributed by atoms with Crippen LogP contribution in [-0.2, 0) is 19.5 Å². The lowest BCUT2D eigenvalue weighted by atomic mass is 9.93. The number of morpholine rings is 1. The van der Waals surface area contributed by atoms with Crippen molar-refractivity contribution < 1.29 is 13.2 Å². The van der Waals surface area contributed by atoms with Gasteiger partial charge in [0.25, 0.3) is 0 Å². The van der Waals surface area contributed by atoms with Crippen molar-refractivity contribution in [2.45, 2.75) is 24.5 Å². The van der Waals surface area contributed by atoms with Crippen LogP contribution in [0.2, 0.25) is 0 Å². The van der Waals surface area contributed by atoms with Crippen LogP contribution in [0.25, 0.3) is 0 Å². The molecule has 0 amide bonds. The number of para-hydroxylation sites is 1. The molecule has 2 heterocycles. The predicted octanol–water partition coefficient (Wildman–Crippen LogP) is 1.79. The van der Waals surface area contributed by atoms with Crippen LogP contribution in [0.5, 0.6) is 0 Å². The number of nitrogens with zero attached hydrogens (tertiary/aromatic N) is 2. The fourth-order valence-electron chi connectivity index (χ4n) is 3.49. The Bertz CT molecular complexity index is 641. The smallest absolute Gasteiger partial charge is 0.244 e. The normalized spacial score (nSPS) is 27.8. The molecule has 0 radical (unpaired) electrons. The SMILES string of the molecule is CN1c2ccccc2C(C)(CCCN2CCOCC2)S1(=O)=O. The minimum atomic E-state index is -3.34. The van der Waals surface area contributed by atoms with E-state index in [-0.39, 0.29) is 0 Å². The summed E-state index contributed by atoms with van der Waals surface area (Å²) in [5, 5.41) is 0. The van der Waals surface area contributed by atoms with Gasteiger partial charge in [0.15, 0.2) is 0 Å². The highest BCUT2D eigenvalue weighted by molar-refractivity contribution is 7.94. The van der Waals surface area contributed by atoms with Crippen molar-refractivity contribution in [1.82, 2.24) is 4.90 Å². The van der Waals surface area contributed by atoms with Gasteiger partial charge in [0.1, 0.15) is 4.75 Å². The standard InChI is InChI=1S/C16H24N2O3S/c1-16(8-5-9-18-10-12-21-13-11-18)14-6-3-4-7-15(14)17(2)22(16,19)20/h3-4,6-7H,5,8-13H2,1-2H3. The summed E-state index contributed by atoms with van der Waals surface area (Å²) in [7, 11) is -1.68. The Hall–Kier alpha value is -1.11. The van der Waals surface area contributed by atoms with Gasteiger partial charge in [-0.2, -0.15) is 0 Å². The maximum absolute atomic E-state index is 12.8. The second-order valence-electron chi connectivity index (χ2n) is 6.28. The Balaban J connectivity index is 1.76. The fraction of sp³-hybridized carbons (Fsp3) is 0.625. The van der Waals surface area contributed by atoms with Crippen molar-refractivity contribution in [1.29, 1.82) is 0 Å². The van der Waals surface area contributed by atoms with Crippen LogP contribution >= 0.6 is 0 Å². The van der Waals surface area contributed by atoms with E-state index in [4.69, 9.17) is 4.74 Å². The quantitative estimate of drug-likeness (QED) is 0.847. The van der Waals surface area contributed by atoms with E-state index in [1.165, 1.54) is 4.31 Å². The average Bonchev–Trinajstić information content (AvgIpc) is 2.68. The molecule has 1 aromatic rings. The molecule has 0 N–H and O–H groups in total. The second-order valence-corrected chi connectivity index (χ2v) is 8.68. The van der Waals surface area contributed by atoms with E-state index < -0.39 is 14.8 Å². The molecule has 2 aliphatic rings. The van der Waals surface area contributed by atoms with Crippen LogP contribution in [0.15, 0.2) is 24.3 Å². The summed E-state index contributed by atoms with van der Waals surface area (Å²) in [5.41, 5.74) is 1.75. The van der Waals surface area contributed by atoms with Gasteiger partial charge in [-0.05, 0) is 37.9 Å². The molecule has 22 heavy (non-hydrogen) atoms. The summed E-state index contributed by atoms with van der Waals surface area (Å²) < 4.78 is 31.7. The number of sulfonamides is 1. The summed E-state index contributed by atoms with van der Waals surface area (Å²) in [4.78, 5) is 2.35. The summed E-state index contributed by atoms with van der Waals surface area (Å²) in [5.74, 6) is 0. The third kappa shape index (κ3) is 2.43. The Morgan fingerprint density at radius 3 is 2.64 bits per heavy atom. The largest absolute Gasteiger partial charge is 0.379 e. The molecule has 0 saturated carbocycles. The van der Waals surface area contributed by atoms with E-state index in [2.05, 4.69) is 4.90 Å². The van der Waals surface area contributed by atoms with Crippen LogP contribution < -0.4 is 4.31 Å². The molecule has 2 aliphatic heterocycles. The molecule has 5 nitrogen and oxygen atoms in total. The van der Waals surface area contributed by atoms with E-state index in [0.717, 1.165) is 50.5 Å². The molecule has 1 saturated heterocycles. The number of fused-ring (bicyclic) bond motifs is 1. The van der Waals surface area contributed by atoms with E-state index in [9.17, 15) is 8.42 Å². The maximum Gasteiger partial charge on any atom is 0.244 e. The van der Waals surface area contributed by atoms with E-state index in [1.807, 2.05) is 31.2 Å². The van der Waals surface area contributed by atoms with Crippen molar-refractivity contribution in [3.05, 3.63) is 29.8 Å². The topological polar surface area (TPSA) is 49.9 Å². The molecular weight excluding hydrogens is 300 g/mol. The molecule has 6 heteroatoms. The molecule has 1 unspecified atom stereocenters. The van der Waals surface area contributed by atoms with Gasteiger partial charge in [-0.25, -0.2) is 8.42 Å². The van der Waals surface area contributed by atoms with Crippen LogP contribution in [0.4, 0.5) is 5.69 Å². The summed E-state index contributed by atoms with van der Waals surface area (Å²) in [6.07, 6.45) is 1.52. The van der Waals surface area contributed by atoms with Crippen LogP contribution in [0.3, 0.4) is 0 Å². The number of hydrogen-bond donors (Lipinski definition) is 0. The van der Waals surface area contributed by atoms with Crippen LogP contribution in [0.1, 0.15) is 25.3 Å². The molecule has 122 valence electrons. The highest BCUT2D eigenvalue weighted by Gasteiger charge is 2.50. The third-order valence-electron chi connectivity index (χ3n) is 4.97. The van der Waals surface area contributed by atoms with E-state index in [0.29, 0.717) is 6.42 Å². The lowest BCUT2D eigenvalue weighted by Gasteiger charge is -2.29. The van der Waals surface area contributed by atoms with Crippen molar-refractivity contribution in [2.75, 3.05) is 44.2 Å². The fourth-order valence-corrected chi connectivity index (χ4v) is 5.37. The molecular formula is C16H24N2O3S. The average molecular weight is 324 g/mol. The Morgan fingerprint density at radius 2 is 1.91 bits per heavy atom. The zero-order valence-electron chi connectivity index (χ0n) is 13.3. The highest BCUT2D eigenvalue weighted by Crippen LogP contribution is 2.48. The number of benzene rings is 1. The monoisotopic (exact) mass is 324 g/mol. The van der Waals surface area contributed by atoms with Gasteiger partial charge >= 0.3 is 0 Å². The van der Waals surface area contributed by atoms with Gasteiger partial charge in [-0.1, -0.05) is 18.2 Å². The lowest BCUT2D eigenvalue weighted by Crippen LogP contribution is -2.39. The van der Waals surface area contributed by atoms with Gasteiger partial charge in [0, 0.05) is 20.1 Å². The molecule has 0 spiro atoms. The number of anilines is 1. The molecule has 1 aromatic carbocycles. The number of rotatable bonds is 4.